The molecule has 0 saturated heterocycles. The fraction of sp³-hybridized carbons (Fsp3) is 0.538. The zero-order chi connectivity index (χ0) is 22.1. The third-order valence-electron chi connectivity index (χ3n) is 6.00. The van der Waals surface area contributed by atoms with Gasteiger partial charge in [-0.3, -0.25) is 9.59 Å². The van der Waals surface area contributed by atoms with Crippen molar-refractivity contribution in [2.75, 3.05) is 13.1 Å². The molecule has 31 heavy (non-hydrogen) atoms. The van der Waals surface area contributed by atoms with Crippen LogP contribution < -0.4 is 0 Å². The van der Waals surface area contributed by atoms with Crippen molar-refractivity contribution in [2.45, 2.75) is 65.5 Å². The van der Waals surface area contributed by atoms with Crippen LogP contribution in [0.2, 0.25) is 0 Å². The Labute approximate surface area is 191 Å². The van der Waals surface area contributed by atoms with Crippen molar-refractivity contribution in [3.8, 4) is 0 Å². The van der Waals surface area contributed by atoms with Crippen LogP contribution in [0.1, 0.15) is 62.8 Å². The summed E-state index contributed by atoms with van der Waals surface area (Å²) < 4.78 is 0. The van der Waals surface area contributed by atoms with Crippen molar-refractivity contribution in [3.63, 3.8) is 0 Å². The molecule has 4 nitrogen and oxygen atoms in total. The summed E-state index contributed by atoms with van der Waals surface area (Å²) in [5.74, 6) is 1.17. The van der Waals surface area contributed by atoms with Gasteiger partial charge in [0.2, 0.25) is 11.8 Å². The van der Waals surface area contributed by atoms with Gasteiger partial charge in [0.1, 0.15) is 0 Å². The SMILES string of the molecule is CC(C)CN(CC(=O)N(Cc1ccccc1)Cc1cccs1)C(=O)CCC1CCCC1. The van der Waals surface area contributed by atoms with Gasteiger partial charge < -0.3 is 9.80 Å². The second-order valence-electron chi connectivity index (χ2n) is 9.17. The molecule has 1 aromatic carbocycles. The molecule has 1 aliphatic rings. The average molecular weight is 441 g/mol. The van der Waals surface area contributed by atoms with Gasteiger partial charge in [0.25, 0.3) is 0 Å². The molecule has 0 bridgehead atoms. The number of hydrogen-bond acceptors (Lipinski definition) is 3. The number of hydrogen-bond donors (Lipinski definition) is 0. The molecular weight excluding hydrogens is 404 g/mol. The molecule has 2 aromatic rings. The van der Waals surface area contributed by atoms with E-state index < -0.39 is 0 Å². The fourth-order valence-corrected chi connectivity index (χ4v) is 5.09. The average Bonchev–Trinajstić information content (AvgIpc) is 3.45. The highest BCUT2D eigenvalue weighted by atomic mass is 32.1. The second-order valence-corrected chi connectivity index (χ2v) is 10.2. The van der Waals surface area contributed by atoms with Crippen LogP contribution in [0.4, 0.5) is 0 Å². The molecule has 1 aliphatic carbocycles. The van der Waals surface area contributed by atoms with Gasteiger partial charge >= 0.3 is 0 Å². The van der Waals surface area contributed by atoms with Crippen molar-refractivity contribution >= 4 is 23.2 Å². The van der Waals surface area contributed by atoms with Crippen LogP contribution in [-0.2, 0) is 22.7 Å². The summed E-state index contributed by atoms with van der Waals surface area (Å²) in [7, 11) is 0. The number of rotatable bonds is 11. The first kappa shape index (κ1) is 23.5. The van der Waals surface area contributed by atoms with Crippen molar-refractivity contribution < 1.29 is 9.59 Å². The molecule has 1 aromatic heterocycles. The van der Waals surface area contributed by atoms with Crippen LogP contribution in [0.3, 0.4) is 0 Å². The highest BCUT2D eigenvalue weighted by Crippen LogP contribution is 2.28. The van der Waals surface area contributed by atoms with E-state index in [2.05, 4.69) is 19.9 Å². The van der Waals surface area contributed by atoms with Gasteiger partial charge in [0.15, 0.2) is 0 Å². The minimum Gasteiger partial charge on any atom is -0.333 e. The lowest BCUT2D eigenvalue weighted by Crippen LogP contribution is -2.43. The summed E-state index contributed by atoms with van der Waals surface area (Å²) in [5, 5.41) is 2.04. The number of carbonyl (C=O) groups excluding carboxylic acids is 2. The lowest BCUT2D eigenvalue weighted by molar-refractivity contribution is -0.141. The third kappa shape index (κ3) is 7.80. The van der Waals surface area contributed by atoms with E-state index in [-0.39, 0.29) is 18.4 Å². The van der Waals surface area contributed by atoms with E-state index in [0.29, 0.717) is 37.9 Å². The molecule has 2 amide bonds. The van der Waals surface area contributed by atoms with Crippen LogP contribution in [0.15, 0.2) is 47.8 Å². The Balaban J connectivity index is 1.66. The lowest BCUT2D eigenvalue weighted by atomic mass is 10.0. The Morgan fingerprint density at radius 3 is 2.35 bits per heavy atom. The summed E-state index contributed by atoms with van der Waals surface area (Å²) in [5.41, 5.74) is 1.11. The monoisotopic (exact) mass is 440 g/mol. The van der Waals surface area contributed by atoms with E-state index in [9.17, 15) is 9.59 Å². The predicted molar refractivity (Wildman–Crippen MR) is 128 cm³/mol. The molecule has 5 heteroatoms. The number of thiophene rings is 1. The molecule has 0 spiro atoms. The van der Waals surface area contributed by atoms with E-state index >= 15 is 0 Å². The molecule has 0 N–H and O–H groups in total. The maximum Gasteiger partial charge on any atom is 0.242 e. The lowest BCUT2D eigenvalue weighted by Gasteiger charge is -2.29. The van der Waals surface area contributed by atoms with Gasteiger partial charge in [-0.05, 0) is 35.3 Å². The Bertz CT molecular complexity index is 798. The Morgan fingerprint density at radius 2 is 1.71 bits per heavy atom. The minimum absolute atomic E-state index is 0.0205. The molecule has 0 aliphatic heterocycles. The summed E-state index contributed by atoms with van der Waals surface area (Å²) in [6.45, 7) is 6.15. The van der Waals surface area contributed by atoms with Crippen LogP contribution in [0.25, 0.3) is 0 Å². The first-order valence-electron chi connectivity index (χ1n) is 11.6. The molecule has 1 saturated carbocycles. The summed E-state index contributed by atoms with van der Waals surface area (Å²) in [6.07, 6.45) is 6.62. The standard InChI is InChI=1S/C26H36N2O2S/c1-21(2)17-27(25(29)15-14-22-9-6-7-10-22)20-26(30)28(19-24-13-8-16-31-24)18-23-11-4-3-5-12-23/h3-5,8,11-13,16,21-22H,6-7,9-10,14-15,17-20H2,1-2H3. The quantitative estimate of drug-likeness (QED) is 0.447. The van der Waals surface area contributed by atoms with E-state index in [4.69, 9.17) is 0 Å². The Kier molecular flexibility index (Phi) is 9.13. The van der Waals surface area contributed by atoms with E-state index in [1.807, 2.05) is 46.7 Å². The molecule has 0 atom stereocenters. The number of amides is 2. The van der Waals surface area contributed by atoms with Gasteiger partial charge in [-0.15, -0.1) is 11.3 Å². The summed E-state index contributed by atoms with van der Waals surface area (Å²) in [6, 6.07) is 14.2. The smallest absolute Gasteiger partial charge is 0.242 e. The van der Waals surface area contributed by atoms with Crippen molar-refractivity contribution in [1.82, 2.24) is 9.80 Å². The van der Waals surface area contributed by atoms with Crippen molar-refractivity contribution in [3.05, 3.63) is 58.3 Å². The third-order valence-corrected chi connectivity index (χ3v) is 6.86. The number of benzene rings is 1. The molecule has 168 valence electrons. The van der Waals surface area contributed by atoms with Gasteiger partial charge in [0, 0.05) is 24.4 Å². The topological polar surface area (TPSA) is 40.6 Å². The molecule has 0 radical (unpaired) electrons. The summed E-state index contributed by atoms with van der Waals surface area (Å²) in [4.78, 5) is 31.2. The maximum atomic E-state index is 13.4. The van der Waals surface area contributed by atoms with Crippen LogP contribution in [-0.4, -0.2) is 34.7 Å². The first-order chi connectivity index (χ1) is 15.0. The van der Waals surface area contributed by atoms with E-state index in [1.165, 1.54) is 25.7 Å². The van der Waals surface area contributed by atoms with Crippen LogP contribution in [0.5, 0.6) is 0 Å². The second kappa shape index (κ2) is 12.0. The zero-order valence-corrected chi connectivity index (χ0v) is 19.8. The molecular formula is C26H36N2O2S. The van der Waals surface area contributed by atoms with E-state index in [0.717, 1.165) is 16.9 Å². The van der Waals surface area contributed by atoms with Crippen molar-refractivity contribution in [1.29, 1.82) is 0 Å². The van der Waals surface area contributed by atoms with Gasteiger partial charge in [-0.25, -0.2) is 0 Å². The normalized spacial score (nSPS) is 14.2. The molecule has 1 fully saturated rings. The van der Waals surface area contributed by atoms with Gasteiger partial charge in [0.05, 0.1) is 13.1 Å². The van der Waals surface area contributed by atoms with Crippen LogP contribution in [0, 0.1) is 11.8 Å². The number of carbonyl (C=O) groups is 2. The van der Waals surface area contributed by atoms with Crippen molar-refractivity contribution in [2.24, 2.45) is 11.8 Å². The minimum atomic E-state index is 0.0205. The Morgan fingerprint density at radius 1 is 0.968 bits per heavy atom. The molecule has 1 heterocycles. The van der Waals surface area contributed by atoms with E-state index in [1.54, 1.807) is 16.2 Å². The van der Waals surface area contributed by atoms with Gasteiger partial charge in [-0.2, -0.15) is 0 Å². The highest BCUT2D eigenvalue weighted by Gasteiger charge is 2.24. The first-order valence-corrected chi connectivity index (χ1v) is 12.5. The molecule has 3 rings (SSSR count). The maximum absolute atomic E-state index is 13.4. The van der Waals surface area contributed by atoms with Gasteiger partial charge in [-0.1, -0.05) is 75.9 Å². The zero-order valence-electron chi connectivity index (χ0n) is 19.0. The molecule has 0 unspecified atom stereocenters. The highest BCUT2D eigenvalue weighted by molar-refractivity contribution is 7.09. The predicted octanol–water partition coefficient (Wildman–Crippen LogP) is 5.73. The largest absolute Gasteiger partial charge is 0.333 e. The summed E-state index contributed by atoms with van der Waals surface area (Å²) >= 11 is 1.66. The fourth-order valence-electron chi connectivity index (χ4n) is 4.37. The number of nitrogens with zero attached hydrogens (tertiary/aromatic N) is 2. The van der Waals surface area contributed by atoms with Crippen LogP contribution >= 0.6 is 11.3 Å². The Hall–Kier alpha value is -2.14.